The van der Waals surface area contributed by atoms with Crippen LogP contribution in [0, 0.1) is 0 Å². The van der Waals surface area contributed by atoms with Crippen LogP contribution in [0.2, 0.25) is 0 Å². The zero-order chi connectivity index (χ0) is 23.8. The van der Waals surface area contributed by atoms with Gasteiger partial charge in [-0.3, -0.25) is 9.59 Å². The fourth-order valence-corrected chi connectivity index (χ4v) is 3.36. The normalized spacial score (nSPS) is 14.8. The first kappa shape index (κ1) is 21.6. The Morgan fingerprint density at radius 3 is 1.75 bits per heavy atom. The molecule has 0 aromatic carbocycles. The molecule has 0 aliphatic rings. The first-order valence-electron chi connectivity index (χ1n) is 12.6. The Kier molecular flexibility index (Phi) is 13.0. The number of hydrogen-bond donors (Lipinski definition) is 1. The Labute approximate surface area is 177 Å². The number of quaternary nitrogens is 1. The minimum atomic E-state index is -1.77. The van der Waals surface area contributed by atoms with Crippen LogP contribution in [0.3, 0.4) is 0 Å². The van der Waals surface area contributed by atoms with E-state index in [1.54, 1.807) is 0 Å². The third-order valence-corrected chi connectivity index (χ3v) is 4.76. The van der Waals surface area contributed by atoms with Crippen molar-refractivity contribution in [1.29, 1.82) is 0 Å². The van der Waals surface area contributed by atoms with Crippen molar-refractivity contribution in [3.05, 3.63) is 0 Å². The Morgan fingerprint density at radius 2 is 1.32 bits per heavy atom. The number of ether oxygens (including phenoxy) is 1. The number of nitrogens with zero attached hydrogens (tertiary/aromatic N) is 1. The van der Waals surface area contributed by atoms with E-state index in [2.05, 4.69) is 0 Å². The van der Waals surface area contributed by atoms with Crippen LogP contribution in [0.4, 0.5) is 0 Å². The molecule has 0 spiro atoms. The number of likely N-dealkylation sites (N-methyl/N-ethyl adjacent to an activating group) is 1. The molecule has 28 heavy (non-hydrogen) atoms. The van der Waals surface area contributed by atoms with Gasteiger partial charge in [-0.2, -0.15) is 0 Å². The van der Waals surface area contributed by atoms with E-state index in [0.29, 0.717) is 23.9 Å². The zero-order valence-corrected chi connectivity index (χ0v) is 18.5. The van der Waals surface area contributed by atoms with Crippen molar-refractivity contribution >= 4 is 11.9 Å². The molecule has 0 aliphatic carbocycles. The molecule has 5 nitrogen and oxygen atoms in total. The summed E-state index contributed by atoms with van der Waals surface area (Å²) < 4.78 is 27.5. The SMILES string of the molecule is [2H]C([2H])([2H])CCCCCCCCCCCCCCC(=O)OC(CC(=O)O)C[N+](C)(C)C. The molecule has 166 valence electrons. The first-order chi connectivity index (χ1) is 14.4. The third kappa shape index (κ3) is 19.7. The highest BCUT2D eigenvalue weighted by atomic mass is 16.5. The lowest BCUT2D eigenvalue weighted by atomic mass is 10.0. The molecule has 0 amide bonds. The van der Waals surface area contributed by atoms with Crippen LogP contribution in [0.1, 0.15) is 107 Å². The third-order valence-electron chi connectivity index (χ3n) is 4.76. The molecule has 0 fully saturated rings. The second-order valence-corrected chi connectivity index (χ2v) is 8.93. The molecule has 0 saturated carbocycles. The Bertz CT molecular complexity index is 490. The summed E-state index contributed by atoms with van der Waals surface area (Å²) in [6, 6.07) is 0. The lowest BCUT2D eigenvalue weighted by Gasteiger charge is -2.28. The quantitative estimate of drug-likeness (QED) is 0.174. The molecule has 0 aromatic rings. The molecule has 0 heterocycles. The van der Waals surface area contributed by atoms with Crippen molar-refractivity contribution in [2.24, 2.45) is 0 Å². The Balaban J connectivity index is 3.59. The predicted molar refractivity (Wildman–Crippen MR) is 115 cm³/mol. The Hall–Kier alpha value is -1.10. The average Bonchev–Trinajstić information content (AvgIpc) is 2.59. The standard InChI is InChI=1S/C23H45NO4/c1-5-6-7-8-9-10-11-12-13-14-15-16-17-18-23(27)28-21(19-22(25)26)20-24(2,3)4/h21H,5-20H2,1-4H3/p+1/i1D3. The second kappa shape index (κ2) is 16.8. The smallest absolute Gasteiger partial charge is 0.307 e. The van der Waals surface area contributed by atoms with E-state index in [9.17, 15) is 9.59 Å². The van der Waals surface area contributed by atoms with Gasteiger partial charge in [-0.25, -0.2) is 0 Å². The summed E-state index contributed by atoms with van der Waals surface area (Å²) in [5, 5.41) is 9.00. The predicted octanol–water partition coefficient (Wildman–Crippen LogP) is 5.56. The maximum Gasteiger partial charge on any atom is 0.307 e. The van der Waals surface area contributed by atoms with Crippen LogP contribution < -0.4 is 0 Å². The summed E-state index contributed by atoms with van der Waals surface area (Å²) in [5.74, 6) is -1.24. The number of carboxylic acids is 1. The molecule has 0 bridgehead atoms. The maximum atomic E-state index is 12.0. The van der Waals surface area contributed by atoms with Gasteiger partial charge in [0.05, 0.1) is 27.6 Å². The molecule has 1 atom stereocenters. The summed E-state index contributed by atoms with van der Waals surface area (Å²) in [6.07, 6.45) is 13.1. The molecule has 0 radical (unpaired) electrons. The van der Waals surface area contributed by atoms with Crippen molar-refractivity contribution in [2.45, 2.75) is 109 Å². The van der Waals surface area contributed by atoms with Crippen molar-refractivity contribution in [2.75, 3.05) is 27.7 Å². The van der Waals surface area contributed by atoms with Crippen LogP contribution in [0.5, 0.6) is 0 Å². The molecular weight excluding hydrogens is 354 g/mol. The number of carboxylic acid groups (broad SMARTS) is 1. The molecule has 0 aliphatic heterocycles. The highest BCUT2D eigenvalue weighted by Gasteiger charge is 2.24. The summed E-state index contributed by atoms with van der Waals surface area (Å²) in [6.45, 7) is -1.28. The molecule has 0 aromatic heterocycles. The molecule has 0 saturated heterocycles. The average molecular weight is 404 g/mol. The fourth-order valence-electron chi connectivity index (χ4n) is 3.36. The number of unbranched alkanes of at least 4 members (excludes halogenated alkanes) is 11. The van der Waals surface area contributed by atoms with Gasteiger partial charge in [0.1, 0.15) is 6.54 Å². The largest absolute Gasteiger partial charge is 0.481 e. The van der Waals surface area contributed by atoms with E-state index in [1.165, 1.54) is 38.5 Å². The van der Waals surface area contributed by atoms with Crippen LogP contribution in [-0.4, -0.2) is 55.3 Å². The van der Waals surface area contributed by atoms with Crippen molar-refractivity contribution in [3.8, 4) is 0 Å². The summed E-state index contributed by atoms with van der Waals surface area (Å²) in [4.78, 5) is 23.0. The maximum absolute atomic E-state index is 12.0. The number of carbonyl (C=O) groups excluding carboxylic acids is 1. The zero-order valence-electron chi connectivity index (χ0n) is 21.5. The van der Waals surface area contributed by atoms with Gasteiger partial charge in [0.2, 0.25) is 0 Å². The van der Waals surface area contributed by atoms with E-state index in [1.807, 2.05) is 21.1 Å². The summed E-state index contributed by atoms with van der Waals surface area (Å²) >= 11 is 0. The first-order valence-corrected chi connectivity index (χ1v) is 11.1. The van der Waals surface area contributed by atoms with Gasteiger partial charge in [0, 0.05) is 10.5 Å². The summed E-state index contributed by atoms with van der Waals surface area (Å²) in [7, 11) is 5.85. The van der Waals surface area contributed by atoms with E-state index < -0.39 is 18.9 Å². The van der Waals surface area contributed by atoms with E-state index >= 15 is 0 Å². The van der Waals surface area contributed by atoms with Crippen molar-refractivity contribution in [1.82, 2.24) is 0 Å². The molecule has 1 unspecified atom stereocenters. The summed E-state index contributed by atoms with van der Waals surface area (Å²) in [5.41, 5.74) is 0. The van der Waals surface area contributed by atoms with Gasteiger partial charge >= 0.3 is 11.9 Å². The number of hydrogen-bond acceptors (Lipinski definition) is 3. The van der Waals surface area contributed by atoms with Gasteiger partial charge in [0.25, 0.3) is 0 Å². The van der Waals surface area contributed by atoms with Crippen LogP contribution in [-0.2, 0) is 14.3 Å². The van der Waals surface area contributed by atoms with Gasteiger partial charge in [0.15, 0.2) is 6.10 Å². The van der Waals surface area contributed by atoms with Gasteiger partial charge < -0.3 is 14.3 Å². The lowest BCUT2D eigenvalue weighted by molar-refractivity contribution is -0.873. The van der Waals surface area contributed by atoms with Crippen LogP contribution in [0.15, 0.2) is 0 Å². The van der Waals surface area contributed by atoms with Crippen molar-refractivity contribution in [3.63, 3.8) is 0 Å². The van der Waals surface area contributed by atoms with E-state index in [0.717, 1.165) is 38.5 Å². The van der Waals surface area contributed by atoms with E-state index in [-0.39, 0.29) is 12.4 Å². The molecular formula is C23H46NO4+. The monoisotopic (exact) mass is 403 g/mol. The topological polar surface area (TPSA) is 63.6 Å². The van der Waals surface area contributed by atoms with Crippen LogP contribution >= 0.6 is 0 Å². The van der Waals surface area contributed by atoms with Gasteiger partial charge in [-0.05, 0) is 6.42 Å². The van der Waals surface area contributed by atoms with Crippen LogP contribution in [0.25, 0.3) is 0 Å². The van der Waals surface area contributed by atoms with E-state index in [4.69, 9.17) is 14.0 Å². The number of aliphatic carboxylic acids is 1. The van der Waals surface area contributed by atoms with Gasteiger partial charge in [-0.1, -0.05) is 83.9 Å². The molecule has 0 rings (SSSR count). The van der Waals surface area contributed by atoms with Crippen molar-refractivity contribution < 1.29 is 28.0 Å². The molecule has 1 N–H and O–H groups in total. The highest BCUT2D eigenvalue weighted by molar-refractivity contribution is 5.71. The lowest BCUT2D eigenvalue weighted by Crippen LogP contribution is -2.43. The minimum absolute atomic E-state index is 0.149. The molecule has 5 heteroatoms. The second-order valence-electron chi connectivity index (χ2n) is 8.93. The number of esters is 1. The highest BCUT2D eigenvalue weighted by Crippen LogP contribution is 2.14. The fraction of sp³-hybridized carbons (Fsp3) is 0.913. The Morgan fingerprint density at radius 1 is 0.857 bits per heavy atom. The number of carbonyl (C=O) groups is 2. The minimum Gasteiger partial charge on any atom is -0.481 e. The van der Waals surface area contributed by atoms with Gasteiger partial charge in [-0.15, -0.1) is 0 Å². The number of rotatable bonds is 19.